The van der Waals surface area contributed by atoms with Gasteiger partial charge in [0.2, 0.25) is 0 Å². The Balaban J connectivity index is 2.39. The van der Waals surface area contributed by atoms with Gasteiger partial charge in [-0.2, -0.15) is 0 Å². The molecule has 0 spiro atoms. The van der Waals surface area contributed by atoms with Crippen molar-refractivity contribution in [3.63, 3.8) is 0 Å². The second kappa shape index (κ2) is 4.30. The third-order valence-electron chi connectivity index (χ3n) is 2.33. The third-order valence-corrected chi connectivity index (χ3v) is 2.33. The van der Waals surface area contributed by atoms with E-state index in [-0.39, 0.29) is 0 Å². The van der Waals surface area contributed by atoms with Gasteiger partial charge >= 0.3 is 6.09 Å². The van der Waals surface area contributed by atoms with E-state index in [4.69, 9.17) is 5.11 Å². The van der Waals surface area contributed by atoms with Crippen molar-refractivity contribution in [2.24, 2.45) is 0 Å². The van der Waals surface area contributed by atoms with Crippen molar-refractivity contribution < 1.29 is 9.90 Å². The molecule has 1 aliphatic heterocycles. The number of carbonyl (C=O) groups is 1. The number of nitrogens with one attached hydrogen (secondary N) is 1. The Morgan fingerprint density at radius 1 is 1.67 bits per heavy atom. The standard InChI is InChI=1S/C8H16N2O2/c1-2-7-3-5-10(8(11)12)6-4-9-7/h7,9H,2-6H2,1H3,(H,11,12). The highest BCUT2D eigenvalue weighted by Gasteiger charge is 2.17. The molecule has 1 fully saturated rings. The maximum atomic E-state index is 10.6. The summed E-state index contributed by atoms with van der Waals surface area (Å²) < 4.78 is 0. The predicted octanol–water partition coefficient (Wildman–Crippen LogP) is 0.738. The molecule has 0 bridgehead atoms. The van der Waals surface area contributed by atoms with E-state index in [2.05, 4.69) is 12.2 Å². The first-order valence-corrected chi connectivity index (χ1v) is 4.45. The van der Waals surface area contributed by atoms with Crippen LogP contribution in [0.3, 0.4) is 0 Å². The number of rotatable bonds is 1. The van der Waals surface area contributed by atoms with Gasteiger partial charge in [0, 0.05) is 25.7 Å². The first-order chi connectivity index (χ1) is 5.74. The van der Waals surface area contributed by atoms with Gasteiger partial charge in [0.15, 0.2) is 0 Å². The zero-order chi connectivity index (χ0) is 8.97. The molecular weight excluding hydrogens is 156 g/mol. The molecule has 70 valence electrons. The number of carboxylic acid groups (broad SMARTS) is 1. The van der Waals surface area contributed by atoms with E-state index >= 15 is 0 Å². The molecule has 1 heterocycles. The molecule has 1 atom stereocenters. The highest BCUT2D eigenvalue weighted by molar-refractivity contribution is 5.64. The summed E-state index contributed by atoms with van der Waals surface area (Å²) in [7, 11) is 0. The summed E-state index contributed by atoms with van der Waals surface area (Å²) >= 11 is 0. The van der Waals surface area contributed by atoms with Crippen molar-refractivity contribution >= 4 is 6.09 Å². The molecule has 0 saturated carbocycles. The summed E-state index contributed by atoms with van der Waals surface area (Å²) in [4.78, 5) is 12.1. The number of hydrogen-bond donors (Lipinski definition) is 2. The lowest BCUT2D eigenvalue weighted by molar-refractivity contribution is 0.148. The topological polar surface area (TPSA) is 52.6 Å². The van der Waals surface area contributed by atoms with E-state index in [0.717, 1.165) is 19.4 Å². The fourth-order valence-electron chi connectivity index (χ4n) is 1.47. The average molecular weight is 172 g/mol. The zero-order valence-electron chi connectivity index (χ0n) is 7.42. The number of nitrogens with zero attached hydrogens (tertiary/aromatic N) is 1. The minimum atomic E-state index is -0.798. The summed E-state index contributed by atoms with van der Waals surface area (Å²) in [5.74, 6) is 0. The Kier molecular flexibility index (Phi) is 3.34. The molecule has 1 aliphatic rings. The van der Waals surface area contributed by atoms with Gasteiger partial charge in [-0.1, -0.05) is 6.92 Å². The maximum Gasteiger partial charge on any atom is 0.407 e. The van der Waals surface area contributed by atoms with Crippen LogP contribution in [0.15, 0.2) is 0 Å². The molecule has 1 amide bonds. The van der Waals surface area contributed by atoms with Crippen LogP contribution >= 0.6 is 0 Å². The summed E-state index contributed by atoms with van der Waals surface area (Å²) in [5.41, 5.74) is 0. The minimum absolute atomic E-state index is 0.495. The summed E-state index contributed by atoms with van der Waals surface area (Å²) in [5, 5.41) is 12.0. The van der Waals surface area contributed by atoms with Crippen molar-refractivity contribution in [2.75, 3.05) is 19.6 Å². The van der Waals surface area contributed by atoms with Crippen LogP contribution in [-0.2, 0) is 0 Å². The van der Waals surface area contributed by atoms with Crippen LogP contribution in [0.4, 0.5) is 4.79 Å². The largest absolute Gasteiger partial charge is 0.465 e. The quantitative estimate of drug-likeness (QED) is 0.613. The molecule has 0 aromatic carbocycles. The monoisotopic (exact) mass is 172 g/mol. The zero-order valence-corrected chi connectivity index (χ0v) is 7.42. The Labute approximate surface area is 72.6 Å². The molecular formula is C8H16N2O2. The third kappa shape index (κ3) is 2.37. The lowest BCUT2D eigenvalue weighted by Crippen LogP contribution is -2.33. The van der Waals surface area contributed by atoms with Crippen LogP contribution in [0.1, 0.15) is 19.8 Å². The molecule has 0 aliphatic carbocycles. The molecule has 0 radical (unpaired) electrons. The fourth-order valence-corrected chi connectivity index (χ4v) is 1.47. The van der Waals surface area contributed by atoms with Crippen molar-refractivity contribution in [1.29, 1.82) is 0 Å². The lowest BCUT2D eigenvalue weighted by atomic mass is 10.1. The van der Waals surface area contributed by atoms with Crippen LogP contribution in [0.25, 0.3) is 0 Å². The molecule has 2 N–H and O–H groups in total. The van der Waals surface area contributed by atoms with Gasteiger partial charge in [0.25, 0.3) is 0 Å². The minimum Gasteiger partial charge on any atom is -0.465 e. The van der Waals surface area contributed by atoms with E-state index in [1.165, 1.54) is 4.90 Å². The van der Waals surface area contributed by atoms with Crippen molar-refractivity contribution in [1.82, 2.24) is 10.2 Å². The van der Waals surface area contributed by atoms with Gasteiger partial charge in [0.1, 0.15) is 0 Å². The number of amides is 1. The van der Waals surface area contributed by atoms with E-state index < -0.39 is 6.09 Å². The van der Waals surface area contributed by atoms with Gasteiger partial charge in [-0.3, -0.25) is 0 Å². The Morgan fingerprint density at radius 2 is 2.42 bits per heavy atom. The molecule has 12 heavy (non-hydrogen) atoms. The lowest BCUT2D eigenvalue weighted by Gasteiger charge is -2.15. The molecule has 1 rings (SSSR count). The second-order valence-corrected chi connectivity index (χ2v) is 3.12. The summed E-state index contributed by atoms with van der Waals surface area (Å²) in [6, 6.07) is 0.495. The van der Waals surface area contributed by atoms with E-state index in [9.17, 15) is 4.79 Å². The van der Waals surface area contributed by atoms with Crippen molar-refractivity contribution in [2.45, 2.75) is 25.8 Å². The first-order valence-electron chi connectivity index (χ1n) is 4.45. The van der Waals surface area contributed by atoms with Gasteiger partial charge in [-0.05, 0) is 12.8 Å². The molecule has 1 unspecified atom stereocenters. The fraction of sp³-hybridized carbons (Fsp3) is 0.875. The van der Waals surface area contributed by atoms with Gasteiger partial charge in [-0.25, -0.2) is 4.79 Å². The molecule has 0 aromatic rings. The SMILES string of the molecule is CCC1CCN(C(=O)O)CCN1. The van der Waals surface area contributed by atoms with Crippen LogP contribution < -0.4 is 5.32 Å². The summed E-state index contributed by atoms with van der Waals surface area (Å²) in [6.07, 6.45) is 1.21. The number of hydrogen-bond acceptors (Lipinski definition) is 2. The van der Waals surface area contributed by atoms with Crippen LogP contribution in [0, 0.1) is 0 Å². The van der Waals surface area contributed by atoms with Gasteiger partial charge in [0.05, 0.1) is 0 Å². The smallest absolute Gasteiger partial charge is 0.407 e. The van der Waals surface area contributed by atoms with Crippen molar-refractivity contribution in [3.05, 3.63) is 0 Å². The summed E-state index contributed by atoms with van der Waals surface area (Å²) in [6.45, 7) is 4.19. The average Bonchev–Trinajstić information content (AvgIpc) is 2.28. The van der Waals surface area contributed by atoms with E-state index in [0.29, 0.717) is 19.1 Å². The normalized spacial score (nSPS) is 25.1. The maximum absolute atomic E-state index is 10.6. The Bertz CT molecular complexity index is 161. The molecule has 1 saturated heterocycles. The molecule has 4 nitrogen and oxygen atoms in total. The van der Waals surface area contributed by atoms with Crippen LogP contribution in [0.5, 0.6) is 0 Å². The van der Waals surface area contributed by atoms with E-state index in [1.807, 2.05) is 0 Å². The van der Waals surface area contributed by atoms with Crippen LogP contribution in [0.2, 0.25) is 0 Å². The van der Waals surface area contributed by atoms with Gasteiger partial charge in [-0.15, -0.1) is 0 Å². The van der Waals surface area contributed by atoms with Crippen LogP contribution in [-0.4, -0.2) is 41.8 Å². The molecule has 0 aromatic heterocycles. The Morgan fingerprint density at radius 3 is 3.00 bits per heavy atom. The Hall–Kier alpha value is -0.770. The van der Waals surface area contributed by atoms with Gasteiger partial charge < -0.3 is 15.3 Å². The highest BCUT2D eigenvalue weighted by atomic mass is 16.4. The molecule has 4 heteroatoms. The predicted molar refractivity (Wildman–Crippen MR) is 46.3 cm³/mol. The highest BCUT2D eigenvalue weighted by Crippen LogP contribution is 2.04. The van der Waals surface area contributed by atoms with Crippen molar-refractivity contribution in [3.8, 4) is 0 Å². The first kappa shape index (κ1) is 9.32. The second-order valence-electron chi connectivity index (χ2n) is 3.12. The van der Waals surface area contributed by atoms with E-state index in [1.54, 1.807) is 0 Å².